The molecule has 1 N–H and O–H groups in total. The lowest BCUT2D eigenvalue weighted by molar-refractivity contribution is 0.0945. The predicted octanol–water partition coefficient (Wildman–Crippen LogP) is 2.81. The molecule has 0 radical (unpaired) electrons. The van der Waals surface area contributed by atoms with Gasteiger partial charge in [0.05, 0.1) is 9.88 Å². The summed E-state index contributed by atoms with van der Waals surface area (Å²) >= 11 is 1.59. The number of para-hydroxylation sites is 1. The second-order valence-electron chi connectivity index (χ2n) is 7.42. The molecule has 0 bridgehead atoms. The number of likely N-dealkylation sites (N-methyl/N-ethyl adjacent to an activating group) is 1. The summed E-state index contributed by atoms with van der Waals surface area (Å²) in [6.07, 6.45) is 2.29. The minimum absolute atomic E-state index is 0.0469. The summed E-state index contributed by atoms with van der Waals surface area (Å²) in [4.78, 5) is 20.5. The smallest absolute Gasteiger partial charge is 0.261 e. The van der Waals surface area contributed by atoms with Crippen LogP contribution in [0.25, 0.3) is 0 Å². The Morgan fingerprint density at radius 1 is 1.07 bits per heavy atom. The fourth-order valence-corrected chi connectivity index (χ4v) is 4.81. The van der Waals surface area contributed by atoms with Gasteiger partial charge in [-0.05, 0) is 43.7 Å². The predicted molar refractivity (Wildman–Crippen MR) is 112 cm³/mol. The highest BCUT2D eigenvalue weighted by Gasteiger charge is 2.20. The van der Waals surface area contributed by atoms with Crippen LogP contribution in [0.3, 0.4) is 0 Å². The first-order valence-electron chi connectivity index (χ1n) is 9.85. The fraction of sp³-hybridized carbons (Fsp3) is 0.476. The molecule has 1 saturated heterocycles. The average molecular weight is 385 g/mol. The van der Waals surface area contributed by atoms with Gasteiger partial charge in [-0.25, -0.2) is 0 Å². The molecule has 0 aliphatic carbocycles. The van der Waals surface area contributed by atoms with Gasteiger partial charge in [0.2, 0.25) is 0 Å². The third-order valence-electron chi connectivity index (χ3n) is 5.50. The molecule has 1 aromatic carbocycles. The summed E-state index contributed by atoms with van der Waals surface area (Å²) in [5, 5.41) is 4.25. The van der Waals surface area contributed by atoms with E-state index in [1.807, 2.05) is 6.07 Å². The fourth-order valence-electron chi connectivity index (χ4n) is 3.84. The lowest BCUT2D eigenvalue weighted by atomic mass is 10.0. The number of nitrogens with one attached hydrogen (secondary N) is 1. The molecular formula is C21H28N4OS. The Kier molecular flexibility index (Phi) is 5.76. The molecule has 0 saturated carbocycles. The van der Waals surface area contributed by atoms with Crippen LogP contribution in [-0.4, -0.2) is 68.6 Å². The maximum atomic E-state index is 12.5. The van der Waals surface area contributed by atoms with Crippen LogP contribution < -0.4 is 10.2 Å². The van der Waals surface area contributed by atoms with Crippen LogP contribution >= 0.6 is 11.3 Å². The first-order chi connectivity index (χ1) is 13.2. The second-order valence-corrected chi connectivity index (χ2v) is 8.48. The summed E-state index contributed by atoms with van der Waals surface area (Å²) in [6, 6.07) is 12.6. The van der Waals surface area contributed by atoms with Gasteiger partial charge in [0.15, 0.2) is 0 Å². The lowest BCUT2D eigenvalue weighted by Gasteiger charge is -2.32. The number of carbonyl (C=O) groups is 1. The number of amides is 1. The maximum absolute atomic E-state index is 12.5. The highest BCUT2D eigenvalue weighted by Crippen LogP contribution is 2.37. The van der Waals surface area contributed by atoms with Crippen molar-refractivity contribution < 1.29 is 4.79 Å². The van der Waals surface area contributed by atoms with Crippen LogP contribution in [-0.2, 0) is 6.42 Å². The topological polar surface area (TPSA) is 38.8 Å². The standard InChI is InChI=1S/C21H28N4OS/c1-23-13-15-24(16-14-23)12-10-22-21(26)19-8-9-20(27-19)25-11-4-6-17-5-2-3-7-18(17)25/h2-3,5,7-9H,4,6,10-16H2,1H3,(H,22,26). The van der Waals surface area contributed by atoms with E-state index in [1.165, 1.54) is 11.3 Å². The second kappa shape index (κ2) is 8.42. The van der Waals surface area contributed by atoms with Crippen molar-refractivity contribution in [3.8, 4) is 0 Å². The highest BCUT2D eigenvalue weighted by molar-refractivity contribution is 7.18. The first-order valence-corrected chi connectivity index (χ1v) is 10.7. The Bertz CT molecular complexity index is 782. The van der Waals surface area contributed by atoms with E-state index in [-0.39, 0.29) is 5.91 Å². The normalized spacial score (nSPS) is 18.3. The van der Waals surface area contributed by atoms with Crippen LogP contribution in [0.4, 0.5) is 10.7 Å². The minimum atomic E-state index is 0.0469. The van der Waals surface area contributed by atoms with E-state index < -0.39 is 0 Å². The maximum Gasteiger partial charge on any atom is 0.261 e. The van der Waals surface area contributed by atoms with Gasteiger partial charge in [0.1, 0.15) is 0 Å². The van der Waals surface area contributed by atoms with Gasteiger partial charge in [-0.2, -0.15) is 0 Å². The highest BCUT2D eigenvalue weighted by atomic mass is 32.1. The van der Waals surface area contributed by atoms with Crippen molar-refractivity contribution in [1.82, 2.24) is 15.1 Å². The summed E-state index contributed by atoms with van der Waals surface area (Å²) < 4.78 is 0. The Hall–Kier alpha value is -1.89. The lowest BCUT2D eigenvalue weighted by Crippen LogP contribution is -2.46. The molecule has 0 atom stereocenters. The van der Waals surface area contributed by atoms with Crippen LogP contribution in [0.2, 0.25) is 0 Å². The van der Waals surface area contributed by atoms with E-state index in [4.69, 9.17) is 0 Å². The largest absolute Gasteiger partial charge is 0.350 e. The van der Waals surface area contributed by atoms with Crippen LogP contribution in [0.5, 0.6) is 0 Å². The van der Waals surface area contributed by atoms with Crippen LogP contribution in [0.1, 0.15) is 21.7 Å². The van der Waals surface area contributed by atoms with E-state index >= 15 is 0 Å². The molecule has 2 aliphatic rings. The molecule has 2 aliphatic heterocycles. The molecule has 1 fully saturated rings. The van der Waals surface area contributed by atoms with Crippen molar-refractivity contribution in [2.75, 3.05) is 57.8 Å². The number of aryl methyl sites for hydroxylation is 1. The van der Waals surface area contributed by atoms with Crippen molar-refractivity contribution >= 4 is 27.9 Å². The number of hydrogen-bond acceptors (Lipinski definition) is 5. The van der Waals surface area contributed by atoms with E-state index in [9.17, 15) is 4.79 Å². The van der Waals surface area contributed by atoms with Gasteiger partial charge < -0.3 is 15.1 Å². The van der Waals surface area contributed by atoms with E-state index in [0.717, 1.165) is 62.0 Å². The molecule has 27 heavy (non-hydrogen) atoms. The average Bonchev–Trinajstić information content (AvgIpc) is 3.19. The monoisotopic (exact) mass is 384 g/mol. The summed E-state index contributed by atoms with van der Waals surface area (Å²) in [6.45, 7) is 7.05. The van der Waals surface area contributed by atoms with E-state index in [0.29, 0.717) is 6.54 Å². The number of carbonyl (C=O) groups excluding carboxylic acids is 1. The van der Waals surface area contributed by atoms with Crippen LogP contribution in [0, 0.1) is 0 Å². The number of fused-ring (bicyclic) bond motifs is 1. The van der Waals surface area contributed by atoms with Gasteiger partial charge >= 0.3 is 0 Å². The van der Waals surface area contributed by atoms with Crippen molar-refractivity contribution in [1.29, 1.82) is 0 Å². The van der Waals surface area contributed by atoms with E-state index in [2.05, 4.69) is 57.4 Å². The summed E-state index contributed by atoms with van der Waals surface area (Å²) in [7, 11) is 2.16. The third kappa shape index (κ3) is 4.34. The van der Waals surface area contributed by atoms with Crippen molar-refractivity contribution in [3.05, 3.63) is 46.8 Å². The number of nitrogens with zero attached hydrogens (tertiary/aromatic N) is 3. The SMILES string of the molecule is CN1CCN(CCNC(=O)c2ccc(N3CCCc4ccccc43)s2)CC1. The minimum Gasteiger partial charge on any atom is -0.350 e. The zero-order valence-corrected chi connectivity index (χ0v) is 16.8. The Morgan fingerprint density at radius 3 is 2.74 bits per heavy atom. The van der Waals surface area contributed by atoms with Crippen molar-refractivity contribution in [3.63, 3.8) is 0 Å². The zero-order chi connectivity index (χ0) is 18.6. The zero-order valence-electron chi connectivity index (χ0n) is 16.0. The number of thiophene rings is 1. The number of benzene rings is 1. The molecule has 0 unspecified atom stereocenters. The Labute approximate surface area is 165 Å². The first kappa shape index (κ1) is 18.5. The van der Waals surface area contributed by atoms with Gasteiger partial charge in [-0.1, -0.05) is 18.2 Å². The van der Waals surface area contributed by atoms with Gasteiger partial charge in [0.25, 0.3) is 5.91 Å². The van der Waals surface area contributed by atoms with Crippen molar-refractivity contribution in [2.45, 2.75) is 12.8 Å². The Balaban J connectivity index is 1.33. The molecule has 3 heterocycles. The van der Waals surface area contributed by atoms with Gasteiger partial charge in [-0.15, -0.1) is 11.3 Å². The quantitative estimate of drug-likeness (QED) is 0.860. The number of hydrogen-bond donors (Lipinski definition) is 1. The Morgan fingerprint density at radius 2 is 1.89 bits per heavy atom. The van der Waals surface area contributed by atoms with Crippen molar-refractivity contribution in [2.24, 2.45) is 0 Å². The molecule has 6 heteroatoms. The molecule has 0 spiro atoms. The molecule has 4 rings (SSSR count). The van der Waals surface area contributed by atoms with Gasteiger partial charge in [-0.3, -0.25) is 9.69 Å². The van der Waals surface area contributed by atoms with Gasteiger partial charge in [0, 0.05) is 51.5 Å². The molecule has 144 valence electrons. The van der Waals surface area contributed by atoms with Crippen LogP contribution in [0.15, 0.2) is 36.4 Å². The number of anilines is 2. The van der Waals surface area contributed by atoms with E-state index in [1.54, 1.807) is 11.3 Å². The molecule has 1 aromatic heterocycles. The molecule has 2 aromatic rings. The number of piperazine rings is 1. The summed E-state index contributed by atoms with van der Waals surface area (Å²) in [5.41, 5.74) is 2.68. The number of rotatable bonds is 5. The molecule has 5 nitrogen and oxygen atoms in total. The third-order valence-corrected chi connectivity index (χ3v) is 6.61. The molecular weight excluding hydrogens is 356 g/mol. The molecule has 1 amide bonds. The summed E-state index contributed by atoms with van der Waals surface area (Å²) in [5.74, 6) is 0.0469.